The van der Waals surface area contributed by atoms with E-state index in [4.69, 9.17) is 4.42 Å². The Kier molecular flexibility index (Phi) is 2.88. The summed E-state index contributed by atoms with van der Waals surface area (Å²) < 4.78 is 7.80. The van der Waals surface area contributed by atoms with Crippen LogP contribution in [0.1, 0.15) is 5.56 Å². The molecule has 0 spiro atoms. The van der Waals surface area contributed by atoms with Gasteiger partial charge in [0.05, 0.1) is 16.5 Å². The molecule has 5 heterocycles. The van der Waals surface area contributed by atoms with Crippen LogP contribution >= 0.6 is 0 Å². The van der Waals surface area contributed by atoms with Crippen LogP contribution in [0.2, 0.25) is 0 Å². The summed E-state index contributed by atoms with van der Waals surface area (Å²) in [6.45, 7) is 0.625. The number of nitrogens with zero attached hydrogens (tertiary/aromatic N) is 2. The molecule has 0 amide bonds. The Morgan fingerprint density at radius 2 is 2.00 bits per heavy atom. The molecular weight excluding hydrogens is 396 g/mol. The van der Waals surface area contributed by atoms with Crippen LogP contribution in [0.5, 0.6) is 5.75 Å². The van der Waals surface area contributed by atoms with Gasteiger partial charge in [0.15, 0.2) is 16.8 Å². The molecule has 0 saturated heterocycles. The minimum Gasteiger partial charge on any atom is -0.502 e. The molecule has 1 aliphatic rings. The molecule has 3 N–H and O–H groups in total. The summed E-state index contributed by atoms with van der Waals surface area (Å²) in [6.07, 6.45) is 2.55. The van der Waals surface area contributed by atoms with E-state index in [2.05, 4.69) is 21.2 Å². The molecule has 1 aliphatic heterocycles. The van der Waals surface area contributed by atoms with Crippen molar-refractivity contribution in [1.29, 1.82) is 0 Å². The number of para-hydroxylation sites is 1. The highest BCUT2D eigenvalue weighted by molar-refractivity contribution is 6.15. The predicted octanol–water partition coefficient (Wildman–Crippen LogP) is 3.39. The van der Waals surface area contributed by atoms with Crippen molar-refractivity contribution in [2.45, 2.75) is 13.0 Å². The van der Waals surface area contributed by atoms with Crippen molar-refractivity contribution < 1.29 is 9.52 Å². The van der Waals surface area contributed by atoms with Crippen LogP contribution in [0.4, 0.5) is 0 Å². The average Bonchev–Trinajstić information content (AvgIpc) is 3.49. The maximum atomic E-state index is 13.6. The van der Waals surface area contributed by atoms with Crippen LogP contribution in [0, 0.1) is 0 Å². The number of hydrogen-bond acceptors (Lipinski definition) is 5. The van der Waals surface area contributed by atoms with Gasteiger partial charge in [-0.05, 0) is 35.6 Å². The van der Waals surface area contributed by atoms with Gasteiger partial charge in [0.1, 0.15) is 5.52 Å². The van der Waals surface area contributed by atoms with Gasteiger partial charge >= 0.3 is 0 Å². The summed E-state index contributed by atoms with van der Waals surface area (Å²) in [7, 11) is 0. The van der Waals surface area contributed by atoms with Gasteiger partial charge < -0.3 is 19.2 Å². The summed E-state index contributed by atoms with van der Waals surface area (Å²) >= 11 is 0. The molecule has 0 fully saturated rings. The zero-order chi connectivity index (χ0) is 20.9. The highest BCUT2D eigenvalue weighted by Crippen LogP contribution is 2.40. The lowest BCUT2D eigenvalue weighted by Crippen LogP contribution is -2.20. The minimum absolute atomic E-state index is 0.0700. The topological polar surface area (TPSA) is 117 Å². The molecule has 0 atom stereocenters. The zero-order valence-electron chi connectivity index (χ0n) is 16.0. The third kappa shape index (κ3) is 1.96. The molecule has 0 unspecified atom stereocenters. The van der Waals surface area contributed by atoms with E-state index in [1.807, 2.05) is 22.8 Å². The van der Waals surface area contributed by atoms with Gasteiger partial charge in [0.25, 0.3) is 5.56 Å². The van der Waals surface area contributed by atoms with E-state index in [1.165, 1.54) is 6.07 Å². The molecular formula is C23H14N4O4. The van der Waals surface area contributed by atoms with Crippen molar-refractivity contribution in [2.24, 2.45) is 0 Å². The molecule has 150 valence electrons. The van der Waals surface area contributed by atoms with Crippen molar-refractivity contribution in [3.05, 3.63) is 68.7 Å². The fourth-order valence-electron chi connectivity index (χ4n) is 4.84. The van der Waals surface area contributed by atoms with E-state index in [1.54, 1.807) is 12.3 Å². The second-order valence-electron chi connectivity index (χ2n) is 7.85. The average molecular weight is 410 g/mol. The van der Waals surface area contributed by atoms with E-state index < -0.39 is 11.2 Å². The Hall–Kier alpha value is -4.33. The number of nitrogens with one attached hydrogen (secondary N) is 2. The van der Waals surface area contributed by atoms with E-state index in [9.17, 15) is 14.7 Å². The van der Waals surface area contributed by atoms with Gasteiger partial charge in [-0.25, -0.2) is 4.98 Å². The number of pyridine rings is 2. The van der Waals surface area contributed by atoms with Crippen molar-refractivity contribution in [3.8, 4) is 16.9 Å². The number of furan rings is 1. The maximum absolute atomic E-state index is 13.6. The fraction of sp³-hybridized carbons (Fsp3) is 0.0870. The summed E-state index contributed by atoms with van der Waals surface area (Å²) in [6, 6.07) is 10.8. The summed E-state index contributed by atoms with van der Waals surface area (Å²) in [4.78, 5) is 30.1. The molecule has 2 aromatic carbocycles. The number of aryl methyl sites for hydroxylation is 2. The number of benzene rings is 2. The van der Waals surface area contributed by atoms with Gasteiger partial charge in [0.2, 0.25) is 11.2 Å². The predicted molar refractivity (Wildman–Crippen MR) is 117 cm³/mol. The normalized spacial score (nSPS) is 13.3. The zero-order valence-corrected chi connectivity index (χ0v) is 16.0. The van der Waals surface area contributed by atoms with Crippen LogP contribution in [0.3, 0.4) is 0 Å². The monoisotopic (exact) mass is 410 g/mol. The lowest BCUT2D eigenvalue weighted by atomic mass is 10.0. The van der Waals surface area contributed by atoms with Gasteiger partial charge in [-0.1, -0.05) is 18.2 Å². The summed E-state index contributed by atoms with van der Waals surface area (Å²) in [5.41, 5.74) is 4.00. The molecule has 0 radical (unpaired) electrons. The quantitative estimate of drug-likeness (QED) is 0.384. The number of phenols is 1. The molecule has 8 nitrogen and oxygen atoms in total. The van der Waals surface area contributed by atoms with Crippen LogP contribution in [-0.2, 0) is 13.0 Å². The number of phenolic OH excluding ortho intramolecular Hbond substituents is 1. The number of aromatic nitrogens is 4. The Morgan fingerprint density at radius 1 is 1.10 bits per heavy atom. The van der Waals surface area contributed by atoms with Crippen LogP contribution in [-0.4, -0.2) is 24.9 Å². The van der Waals surface area contributed by atoms with Gasteiger partial charge in [-0.15, -0.1) is 0 Å². The molecule has 31 heavy (non-hydrogen) atoms. The number of fused-ring (bicyclic) bond motifs is 4. The maximum Gasteiger partial charge on any atom is 0.259 e. The number of aromatic amines is 2. The lowest BCUT2D eigenvalue weighted by Gasteiger charge is -2.09. The van der Waals surface area contributed by atoms with Crippen molar-refractivity contribution in [1.82, 2.24) is 19.7 Å². The third-order valence-electron chi connectivity index (χ3n) is 6.22. The van der Waals surface area contributed by atoms with Crippen molar-refractivity contribution >= 4 is 44.0 Å². The smallest absolute Gasteiger partial charge is 0.259 e. The number of H-pyrrole nitrogens is 2. The first-order valence-corrected chi connectivity index (χ1v) is 9.91. The van der Waals surface area contributed by atoms with Gasteiger partial charge in [-0.3, -0.25) is 14.7 Å². The third-order valence-corrected chi connectivity index (χ3v) is 6.22. The van der Waals surface area contributed by atoms with E-state index in [0.29, 0.717) is 45.2 Å². The first-order chi connectivity index (χ1) is 15.1. The standard InChI is InChI=1S/C23H14N4O4/c28-15-5-4-12-17-21(31-20(12)19(15)29)16(14-9-24-26-22(14)25-17)13-8-11-3-1-2-10-6-7-27(18(10)11)23(13)30/h1-5,8-9,29H,6-7H2,(H2,24,25,26). The lowest BCUT2D eigenvalue weighted by molar-refractivity contribution is 0.464. The van der Waals surface area contributed by atoms with Crippen molar-refractivity contribution in [3.63, 3.8) is 0 Å². The van der Waals surface area contributed by atoms with Crippen LogP contribution in [0.25, 0.3) is 55.1 Å². The number of aromatic hydroxyl groups is 1. The molecule has 7 rings (SSSR count). The van der Waals surface area contributed by atoms with Crippen molar-refractivity contribution in [2.75, 3.05) is 0 Å². The Balaban J connectivity index is 1.72. The highest BCUT2D eigenvalue weighted by Gasteiger charge is 2.25. The molecule has 0 saturated carbocycles. The molecule has 6 aromatic rings. The van der Waals surface area contributed by atoms with Crippen LogP contribution in [0.15, 0.2) is 56.6 Å². The minimum atomic E-state index is -0.529. The first-order valence-electron chi connectivity index (χ1n) is 9.91. The molecule has 0 aliphatic carbocycles. The second-order valence-corrected chi connectivity index (χ2v) is 7.85. The van der Waals surface area contributed by atoms with E-state index in [0.717, 1.165) is 22.9 Å². The largest absolute Gasteiger partial charge is 0.502 e. The van der Waals surface area contributed by atoms with E-state index in [-0.39, 0.29) is 11.1 Å². The Morgan fingerprint density at radius 3 is 2.90 bits per heavy atom. The molecule has 0 bridgehead atoms. The fourth-order valence-corrected chi connectivity index (χ4v) is 4.84. The SMILES string of the molecule is O=c1ccc2c(oc3c(-c4cc5cccc6c5n(c4=O)CC6)c4c[nH][nH]c4nc32)c1O. The van der Waals surface area contributed by atoms with E-state index >= 15 is 0 Å². The Bertz CT molecular complexity index is 1850. The van der Waals surface area contributed by atoms with Crippen LogP contribution < -0.4 is 11.0 Å². The summed E-state index contributed by atoms with van der Waals surface area (Å²) in [5, 5.41) is 18.4. The number of hydrogen-bond donors (Lipinski definition) is 3. The highest BCUT2D eigenvalue weighted by atomic mass is 16.4. The number of rotatable bonds is 1. The second kappa shape index (κ2) is 5.42. The molecule has 4 aromatic heterocycles. The van der Waals surface area contributed by atoms with Gasteiger partial charge in [0, 0.05) is 23.7 Å². The van der Waals surface area contributed by atoms with Gasteiger partial charge in [-0.2, -0.15) is 0 Å². The first kappa shape index (κ1) is 16.5. The Labute approximate surface area is 172 Å². The molecule has 8 heteroatoms. The summed E-state index contributed by atoms with van der Waals surface area (Å²) in [5.74, 6) is -0.463.